The Bertz CT molecular complexity index is 1300. The van der Waals surface area contributed by atoms with E-state index < -0.39 is 5.41 Å². The second kappa shape index (κ2) is 12.3. The second-order valence-corrected chi connectivity index (χ2v) is 10.6. The molecule has 0 unspecified atom stereocenters. The Kier molecular flexibility index (Phi) is 9.35. The molecule has 0 aromatic heterocycles. The number of amides is 2. The third kappa shape index (κ3) is 7.81. The number of aliphatic imine (C=N–C) groups is 1. The molecule has 2 N–H and O–H groups in total. The first-order valence-electron chi connectivity index (χ1n) is 12.0. The summed E-state index contributed by atoms with van der Waals surface area (Å²) in [4.78, 5) is 32.2. The van der Waals surface area contributed by atoms with Crippen LogP contribution in [0.5, 0.6) is 0 Å². The number of halogens is 2. The van der Waals surface area contributed by atoms with Gasteiger partial charge in [0.05, 0.1) is 16.3 Å². The summed E-state index contributed by atoms with van der Waals surface area (Å²) >= 11 is 12.4. The quantitative estimate of drug-likeness (QED) is 0.252. The van der Waals surface area contributed by atoms with Crippen LogP contribution in [0.1, 0.15) is 49.2 Å². The van der Waals surface area contributed by atoms with Crippen LogP contribution in [0.15, 0.2) is 71.7 Å². The summed E-state index contributed by atoms with van der Waals surface area (Å²) in [5.41, 5.74) is 2.81. The lowest BCUT2D eigenvalue weighted by Gasteiger charge is -2.20. The molecule has 3 aromatic carbocycles. The highest BCUT2D eigenvalue weighted by Gasteiger charge is 2.21. The maximum Gasteiger partial charge on any atom is 0.257 e. The van der Waals surface area contributed by atoms with Gasteiger partial charge >= 0.3 is 0 Å². The molecule has 0 atom stereocenters. The lowest BCUT2D eigenvalue weighted by molar-refractivity contribution is -0.128. The Labute approximate surface area is 228 Å². The predicted molar refractivity (Wildman–Crippen MR) is 153 cm³/mol. The summed E-state index contributed by atoms with van der Waals surface area (Å²) in [6.45, 7) is 8.66. The van der Waals surface area contributed by atoms with Crippen molar-refractivity contribution in [2.75, 3.05) is 18.9 Å². The molecule has 0 saturated carbocycles. The summed E-state index contributed by atoms with van der Waals surface area (Å²) < 4.78 is 0. The number of hydrogen-bond acceptors (Lipinski definition) is 3. The Hall–Kier alpha value is -3.35. The molecule has 0 saturated heterocycles. The van der Waals surface area contributed by atoms with Crippen LogP contribution in [-0.4, -0.2) is 36.1 Å². The number of nitrogens with one attached hydrogen (secondary N) is 2. The molecule has 8 heteroatoms. The van der Waals surface area contributed by atoms with Crippen LogP contribution in [0.2, 0.25) is 10.0 Å². The van der Waals surface area contributed by atoms with Gasteiger partial charge in [-0.05, 0) is 67.1 Å². The van der Waals surface area contributed by atoms with Gasteiger partial charge < -0.3 is 15.5 Å². The van der Waals surface area contributed by atoms with E-state index >= 15 is 0 Å². The van der Waals surface area contributed by atoms with Crippen LogP contribution < -0.4 is 10.6 Å². The van der Waals surface area contributed by atoms with Gasteiger partial charge in [-0.15, -0.1) is 0 Å². The van der Waals surface area contributed by atoms with Crippen LogP contribution in [0.4, 0.5) is 11.4 Å². The monoisotopic (exact) mass is 538 g/mol. The number of benzene rings is 3. The highest BCUT2D eigenvalue weighted by molar-refractivity contribution is 6.34. The fourth-order valence-electron chi connectivity index (χ4n) is 3.40. The average Bonchev–Trinajstić information content (AvgIpc) is 2.86. The minimum atomic E-state index is -0.501. The number of amidine groups is 1. The van der Waals surface area contributed by atoms with Crippen LogP contribution in [-0.2, 0) is 11.3 Å². The normalized spacial score (nSPS) is 11.7. The van der Waals surface area contributed by atoms with E-state index in [2.05, 4.69) is 17.6 Å². The number of nitrogens with zero attached hydrogens (tertiary/aromatic N) is 2. The van der Waals surface area contributed by atoms with E-state index in [0.717, 1.165) is 23.5 Å². The van der Waals surface area contributed by atoms with E-state index in [1.54, 1.807) is 30.3 Å². The third-order valence-electron chi connectivity index (χ3n) is 5.69. The van der Waals surface area contributed by atoms with Gasteiger partial charge in [-0.2, -0.15) is 0 Å². The average molecular weight is 540 g/mol. The van der Waals surface area contributed by atoms with Crippen molar-refractivity contribution in [2.45, 2.75) is 34.2 Å². The minimum absolute atomic E-state index is 0.0718. The van der Waals surface area contributed by atoms with Gasteiger partial charge in [-0.25, -0.2) is 4.99 Å². The van der Waals surface area contributed by atoms with Crippen LogP contribution in [0.3, 0.4) is 0 Å². The molecule has 2 amide bonds. The van der Waals surface area contributed by atoms with Gasteiger partial charge in [0, 0.05) is 41.8 Å². The highest BCUT2D eigenvalue weighted by Crippen LogP contribution is 2.24. The molecule has 0 bridgehead atoms. The maximum absolute atomic E-state index is 13.1. The van der Waals surface area contributed by atoms with Gasteiger partial charge in [0.25, 0.3) is 5.91 Å². The zero-order valence-electron chi connectivity index (χ0n) is 21.7. The van der Waals surface area contributed by atoms with Gasteiger partial charge in [0.1, 0.15) is 5.84 Å². The Morgan fingerprint density at radius 1 is 0.973 bits per heavy atom. The maximum atomic E-state index is 13.1. The van der Waals surface area contributed by atoms with Gasteiger partial charge in [0.2, 0.25) is 5.91 Å². The number of carbonyl (C=O) groups is 2. The molecular formula is C29H32Cl2N4O2. The van der Waals surface area contributed by atoms with Crippen molar-refractivity contribution in [1.82, 2.24) is 10.2 Å². The van der Waals surface area contributed by atoms with Crippen molar-refractivity contribution in [3.05, 3.63) is 93.5 Å². The molecule has 194 valence electrons. The fraction of sp³-hybridized carbons (Fsp3) is 0.276. The minimum Gasteiger partial charge on any atom is -0.359 e. The van der Waals surface area contributed by atoms with Crippen LogP contribution in [0, 0.1) is 5.41 Å². The first-order chi connectivity index (χ1) is 17.5. The zero-order chi connectivity index (χ0) is 27.2. The summed E-state index contributed by atoms with van der Waals surface area (Å²) in [7, 11) is 1.97. The number of carbonyl (C=O) groups excluding carboxylic acids is 2. The Morgan fingerprint density at radius 2 is 1.68 bits per heavy atom. The lowest BCUT2D eigenvalue weighted by Crippen LogP contribution is -2.34. The molecule has 0 heterocycles. The third-order valence-corrected chi connectivity index (χ3v) is 6.27. The summed E-state index contributed by atoms with van der Waals surface area (Å²) in [5, 5.41) is 6.78. The molecule has 3 aromatic rings. The fourth-order valence-corrected chi connectivity index (χ4v) is 3.73. The van der Waals surface area contributed by atoms with E-state index in [-0.39, 0.29) is 11.8 Å². The number of anilines is 1. The van der Waals surface area contributed by atoms with E-state index in [1.807, 2.05) is 69.1 Å². The van der Waals surface area contributed by atoms with E-state index in [9.17, 15) is 9.59 Å². The molecule has 0 spiro atoms. The molecule has 0 radical (unpaired) electrons. The second-order valence-electron chi connectivity index (χ2n) is 9.71. The molecule has 0 aliphatic rings. The van der Waals surface area contributed by atoms with Crippen LogP contribution in [0.25, 0.3) is 0 Å². The Balaban J connectivity index is 1.81. The van der Waals surface area contributed by atoms with Crippen molar-refractivity contribution >= 4 is 52.2 Å². The predicted octanol–water partition coefficient (Wildman–Crippen LogP) is 6.94. The summed E-state index contributed by atoms with van der Waals surface area (Å²) in [5.74, 6) is 0.368. The van der Waals surface area contributed by atoms with Crippen LogP contribution >= 0.6 is 23.2 Å². The zero-order valence-corrected chi connectivity index (χ0v) is 23.2. The molecule has 37 heavy (non-hydrogen) atoms. The van der Waals surface area contributed by atoms with Gasteiger partial charge in [0.15, 0.2) is 0 Å². The number of rotatable bonds is 7. The van der Waals surface area contributed by atoms with E-state index in [1.165, 1.54) is 0 Å². The van der Waals surface area contributed by atoms with Crippen molar-refractivity contribution < 1.29 is 9.59 Å². The smallest absolute Gasteiger partial charge is 0.257 e. The van der Waals surface area contributed by atoms with Crippen molar-refractivity contribution in [2.24, 2.45) is 10.4 Å². The van der Waals surface area contributed by atoms with Crippen molar-refractivity contribution in [3.63, 3.8) is 0 Å². The lowest BCUT2D eigenvalue weighted by atomic mass is 9.95. The Morgan fingerprint density at radius 3 is 2.32 bits per heavy atom. The molecule has 6 nitrogen and oxygen atoms in total. The summed E-state index contributed by atoms with van der Waals surface area (Å²) in [6, 6.07) is 20.0. The van der Waals surface area contributed by atoms with Crippen molar-refractivity contribution in [1.29, 1.82) is 0 Å². The first-order valence-corrected chi connectivity index (χ1v) is 12.8. The molecular weight excluding hydrogens is 507 g/mol. The topological polar surface area (TPSA) is 73.8 Å². The standard InChI is InChI=1S/C29H32Cl2N4O2/c1-6-35(5)26(20-11-13-21(30)14-12-20)33-22-8-7-9-23(17-22)34-27(36)24-16-19(10-15-25(24)31)18-32-28(37)29(2,3)4/h7-17H,6,18H2,1-5H3,(H,32,37)(H,34,36). The molecule has 0 aliphatic carbocycles. The molecule has 0 fully saturated rings. The SMILES string of the molecule is CCN(C)C(=Nc1cccc(NC(=O)c2cc(CNC(=O)C(C)(C)C)ccc2Cl)c1)c1ccc(Cl)cc1. The summed E-state index contributed by atoms with van der Waals surface area (Å²) in [6.07, 6.45) is 0. The van der Waals surface area contributed by atoms with E-state index in [4.69, 9.17) is 28.2 Å². The van der Waals surface area contributed by atoms with Crippen molar-refractivity contribution in [3.8, 4) is 0 Å². The molecule has 3 rings (SSSR count). The first kappa shape index (κ1) is 28.2. The number of hydrogen-bond donors (Lipinski definition) is 2. The highest BCUT2D eigenvalue weighted by atomic mass is 35.5. The van der Waals surface area contributed by atoms with E-state index in [0.29, 0.717) is 33.5 Å². The van der Waals surface area contributed by atoms with Gasteiger partial charge in [-0.3, -0.25) is 9.59 Å². The molecule has 0 aliphatic heterocycles. The van der Waals surface area contributed by atoms with Gasteiger partial charge in [-0.1, -0.05) is 56.1 Å². The largest absolute Gasteiger partial charge is 0.359 e.